The molecule has 2 atom stereocenters. The molecule has 2 aliphatic rings. The number of amides is 1. The van der Waals surface area contributed by atoms with Crippen molar-refractivity contribution in [3.8, 4) is 0 Å². The monoisotopic (exact) mass is 219 g/mol. The first-order valence-corrected chi connectivity index (χ1v) is 5.86. The minimum atomic E-state index is -0.250. The summed E-state index contributed by atoms with van der Waals surface area (Å²) in [6.07, 6.45) is 0.872. The van der Waals surface area contributed by atoms with E-state index in [1.54, 1.807) is 16.7 Å². The molecular weight excluding hydrogens is 210 g/mol. The highest BCUT2D eigenvalue weighted by molar-refractivity contribution is 7.99. The first-order chi connectivity index (χ1) is 7.33. The molecular formula is C11H9NO2S. The van der Waals surface area contributed by atoms with E-state index < -0.39 is 0 Å². The Morgan fingerprint density at radius 1 is 1.40 bits per heavy atom. The molecule has 1 aromatic rings. The molecule has 0 spiro atoms. The van der Waals surface area contributed by atoms with E-state index >= 15 is 0 Å². The molecule has 0 saturated carbocycles. The van der Waals surface area contributed by atoms with E-state index in [0.29, 0.717) is 5.75 Å². The van der Waals surface area contributed by atoms with Gasteiger partial charge in [-0.15, -0.1) is 11.8 Å². The number of benzene rings is 1. The molecule has 1 unspecified atom stereocenters. The summed E-state index contributed by atoms with van der Waals surface area (Å²) < 4.78 is 0. The van der Waals surface area contributed by atoms with Crippen LogP contribution in [0.3, 0.4) is 0 Å². The van der Waals surface area contributed by atoms with Gasteiger partial charge in [0.1, 0.15) is 11.7 Å². The standard InChI is InChI=1S/C11H9NO2S/c13-5-7-6-15-11-9-4-2-1-3-8(9)10(14)12(7)11/h1-5,7,11H,6H2/t7-,11?/m1/s1. The maximum atomic E-state index is 12.0. The van der Waals surface area contributed by atoms with E-state index in [9.17, 15) is 9.59 Å². The van der Waals surface area contributed by atoms with Crippen molar-refractivity contribution in [1.29, 1.82) is 0 Å². The molecule has 0 aliphatic carbocycles. The van der Waals surface area contributed by atoms with Crippen molar-refractivity contribution >= 4 is 24.0 Å². The Balaban J connectivity index is 2.11. The highest BCUT2D eigenvalue weighted by Gasteiger charge is 2.45. The fourth-order valence-electron chi connectivity index (χ4n) is 2.17. The molecule has 1 fully saturated rings. The van der Waals surface area contributed by atoms with Crippen LogP contribution < -0.4 is 0 Å². The van der Waals surface area contributed by atoms with Gasteiger partial charge in [-0.3, -0.25) is 4.79 Å². The van der Waals surface area contributed by atoms with Crippen molar-refractivity contribution in [2.24, 2.45) is 0 Å². The van der Waals surface area contributed by atoms with Crippen LogP contribution in [0.15, 0.2) is 24.3 Å². The summed E-state index contributed by atoms with van der Waals surface area (Å²) in [6, 6.07) is 7.35. The minimum Gasteiger partial charge on any atom is -0.312 e. The van der Waals surface area contributed by atoms with Crippen molar-refractivity contribution in [3.05, 3.63) is 35.4 Å². The van der Waals surface area contributed by atoms with E-state index in [-0.39, 0.29) is 17.3 Å². The van der Waals surface area contributed by atoms with Gasteiger partial charge in [-0.1, -0.05) is 18.2 Å². The molecule has 1 amide bonds. The number of aldehydes is 1. The summed E-state index contributed by atoms with van der Waals surface area (Å²) in [7, 11) is 0. The van der Waals surface area contributed by atoms with Gasteiger partial charge in [0.25, 0.3) is 5.91 Å². The molecule has 3 rings (SSSR count). The lowest BCUT2D eigenvalue weighted by molar-refractivity contribution is -0.110. The van der Waals surface area contributed by atoms with E-state index in [2.05, 4.69) is 0 Å². The summed E-state index contributed by atoms with van der Waals surface area (Å²) in [6.45, 7) is 0. The van der Waals surface area contributed by atoms with Gasteiger partial charge in [-0.25, -0.2) is 0 Å². The Labute approximate surface area is 91.5 Å². The molecule has 0 N–H and O–H groups in total. The van der Waals surface area contributed by atoms with Crippen LogP contribution in [0.1, 0.15) is 21.3 Å². The number of carbonyl (C=O) groups excluding carboxylic acids is 2. The summed E-state index contributed by atoms with van der Waals surface area (Å²) in [4.78, 5) is 24.5. The van der Waals surface area contributed by atoms with Gasteiger partial charge in [0.2, 0.25) is 0 Å². The van der Waals surface area contributed by atoms with Gasteiger partial charge in [0.05, 0.1) is 6.04 Å². The predicted molar refractivity (Wildman–Crippen MR) is 57.7 cm³/mol. The highest BCUT2D eigenvalue weighted by Crippen LogP contribution is 2.47. The Morgan fingerprint density at radius 3 is 3.00 bits per heavy atom. The topological polar surface area (TPSA) is 37.4 Å². The van der Waals surface area contributed by atoms with Gasteiger partial charge in [0.15, 0.2) is 0 Å². The average molecular weight is 219 g/mol. The fraction of sp³-hybridized carbons (Fsp3) is 0.273. The molecule has 0 radical (unpaired) electrons. The lowest BCUT2D eigenvalue weighted by atomic mass is 10.1. The highest BCUT2D eigenvalue weighted by atomic mass is 32.2. The first kappa shape index (κ1) is 8.97. The van der Waals surface area contributed by atoms with Crippen LogP contribution in [0, 0.1) is 0 Å². The van der Waals surface area contributed by atoms with Crippen LogP contribution in [0.25, 0.3) is 0 Å². The van der Waals surface area contributed by atoms with Gasteiger partial charge >= 0.3 is 0 Å². The van der Waals surface area contributed by atoms with Crippen LogP contribution in [0.4, 0.5) is 0 Å². The van der Waals surface area contributed by atoms with Crippen LogP contribution in [-0.4, -0.2) is 28.9 Å². The molecule has 76 valence electrons. The second-order valence-electron chi connectivity index (χ2n) is 3.69. The van der Waals surface area contributed by atoms with Crippen molar-refractivity contribution in [3.63, 3.8) is 0 Å². The van der Waals surface area contributed by atoms with Crippen LogP contribution in [-0.2, 0) is 4.79 Å². The van der Waals surface area contributed by atoms with Crippen molar-refractivity contribution in [1.82, 2.24) is 4.90 Å². The zero-order valence-corrected chi connectivity index (χ0v) is 8.74. The number of fused-ring (bicyclic) bond motifs is 3. The Bertz CT molecular complexity index is 446. The van der Waals surface area contributed by atoms with Crippen LogP contribution >= 0.6 is 11.8 Å². The average Bonchev–Trinajstić information content (AvgIpc) is 2.81. The largest absolute Gasteiger partial charge is 0.312 e. The Kier molecular flexibility index (Phi) is 1.85. The second-order valence-corrected chi connectivity index (χ2v) is 4.80. The predicted octanol–water partition coefficient (Wildman–Crippen LogP) is 1.46. The quantitative estimate of drug-likeness (QED) is 0.671. The third-order valence-corrected chi connectivity index (χ3v) is 4.21. The third-order valence-electron chi connectivity index (χ3n) is 2.88. The number of hydrogen-bond donors (Lipinski definition) is 0. The molecule has 1 saturated heterocycles. The molecule has 1 aromatic carbocycles. The second kappa shape index (κ2) is 3.10. The van der Waals surface area contributed by atoms with E-state index in [0.717, 1.165) is 17.4 Å². The maximum Gasteiger partial charge on any atom is 0.256 e. The van der Waals surface area contributed by atoms with Gasteiger partial charge < -0.3 is 9.69 Å². The number of nitrogens with zero attached hydrogens (tertiary/aromatic N) is 1. The zero-order chi connectivity index (χ0) is 10.4. The molecule has 0 bridgehead atoms. The molecule has 3 nitrogen and oxygen atoms in total. The van der Waals surface area contributed by atoms with E-state index in [1.807, 2.05) is 24.3 Å². The normalized spacial score (nSPS) is 27.7. The smallest absolute Gasteiger partial charge is 0.256 e. The lowest BCUT2D eigenvalue weighted by Crippen LogP contribution is -2.34. The lowest BCUT2D eigenvalue weighted by Gasteiger charge is -2.18. The van der Waals surface area contributed by atoms with Gasteiger partial charge in [0, 0.05) is 11.3 Å². The maximum absolute atomic E-state index is 12.0. The summed E-state index contributed by atoms with van der Waals surface area (Å²) in [5.41, 5.74) is 1.80. The molecule has 15 heavy (non-hydrogen) atoms. The first-order valence-electron chi connectivity index (χ1n) is 4.81. The van der Waals surface area contributed by atoms with E-state index in [4.69, 9.17) is 0 Å². The van der Waals surface area contributed by atoms with Crippen molar-refractivity contribution in [2.75, 3.05) is 5.75 Å². The molecule has 4 heteroatoms. The number of thioether (sulfide) groups is 1. The van der Waals surface area contributed by atoms with Crippen molar-refractivity contribution in [2.45, 2.75) is 11.4 Å². The number of rotatable bonds is 1. The SMILES string of the molecule is O=C[C@@H]1CSC2c3ccccc3C(=O)N21. The number of hydrogen-bond acceptors (Lipinski definition) is 3. The Hall–Kier alpha value is -1.29. The van der Waals surface area contributed by atoms with Crippen molar-refractivity contribution < 1.29 is 9.59 Å². The zero-order valence-electron chi connectivity index (χ0n) is 7.92. The molecule has 0 aromatic heterocycles. The Morgan fingerprint density at radius 2 is 2.20 bits per heavy atom. The summed E-state index contributed by atoms with van der Waals surface area (Å²) in [5, 5.41) is 0.0592. The minimum absolute atomic E-state index is 0.00213. The van der Waals surface area contributed by atoms with Gasteiger partial charge in [-0.05, 0) is 11.6 Å². The van der Waals surface area contributed by atoms with E-state index in [1.165, 1.54) is 0 Å². The van der Waals surface area contributed by atoms with Crippen LogP contribution in [0.5, 0.6) is 0 Å². The summed E-state index contributed by atoms with van der Waals surface area (Å²) >= 11 is 1.67. The molecule has 2 heterocycles. The fourth-order valence-corrected chi connectivity index (χ4v) is 3.59. The van der Waals surface area contributed by atoms with Crippen LogP contribution in [0.2, 0.25) is 0 Å². The molecule has 2 aliphatic heterocycles. The number of carbonyl (C=O) groups is 2. The summed E-state index contributed by atoms with van der Waals surface area (Å²) in [5.74, 6) is 0.714. The van der Waals surface area contributed by atoms with Gasteiger partial charge in [-0.2, -0.15) is 0 Å². The third kappa shape index (κ3) is 1.08.